The molecule has 0 saturated carbocycles. The molecule has 8 nitrogen and oxygen atoms in total. The minimum atomic E-state index is -0.449. The molecule has 0 unspecified atom stereocenters. The van der Waals surface area contributed by atoms with E-state index in [0.717, 1.165) is 24.5 Å². The van der Waals surface area contributed by atoms with Gasteiger partial charge in [0.05, 0.1) is 24.9 Å². The van der Waals surface area contributed by atoms with Crippen molar-refractivity contribution in [3.05, 3.63) is 54.1 Å². The molecule has 0 radical (unpaired) electrons. The van der Waals surface area contributed by atoms with Crippen molar-refractivity contribution in [2.75, 3.05) is 31.2 Å². The Hall–Kier alpha value is -3.26. The Morgan fingerprint density at radius 2 is 2.07 bits per heavy atom. The van der Waals surface area contributed by atoms with Crippen molar-refractivity contribution < 1.29 is 14.6 Å². The molecule has 1 aliphatic rings. The maximum Gasteiger partial charge on any atom is 0.274 e. The van der Waals surface area contributed by atoms with Crippen LogP contribution in [0.5, 0.6) is 5.75 Å². The number of hydrogen-bond donors (Lipinski definition) is 2. The first kappa shape index (κ1) is 17.2. The summed E-state index contributed by atoms with van der Waals surface area (Å²) in [6, 6.07) is 7.26. The van der Waals surface area contributed by atoms with Crippen molar-refractivity contribution in [1.82, 2.24) is 20.3 Å². The standard InChI is InChI=1S/C19H19N5O3/c25-18-14-3-4-16(24-6-8-27-9-7-24)23-15(14)12-21-17(18)19(26)22-11-13-2-1-5-20-10-13/h1-5,10,12,25H,6-9,11H2,(H,22,26). The lowest BCUT2D eigenvalue weighted by Gasteiger charge is -2.27. The summed E-state index contributed by atoms with van der Waals surface area (Å²) in [7, 11) is 0. The molecule has 4 heterocycles. The predicted octanol–water partition coefficient (Wildman–Crippen LogP) is 1.50. The maximum atomic E-state index is 12.4. The molecule has 1 aliphatic heterocycles. The second-order valence-corrected chi connectivity index (χ2v) is 6.20. The fourth-order valence-electron chi connectivity index (χ4n) is 2.98. The molecule has 0 atom stereocenters. The zero-order valence-electron chi connectivity index (χ0n) is 14.6. The Balaban J connectivity index is 1.55. The van der Waals surface area contributed by atoms with Gasteiger partial charge in [-0.25, -0.2) is 9.97 Å². The number of nitrogens with one attached hydrogen (secondary N) is 1. The predicted molar refractivity (Wildman–Crippen MR) is 99.6 cm³/mol. The number of aromatic hydroxyl groups is 1. The van der Waals surface area contributed by atoms with E-state index in [1.165, 1.54) is 6.20 Å². The van der Waals surface area contributed by atoms with Gasteiger partial charge in [-0.05, 0) is 23.8 Å². The second kappa shape index (κ2) is 7.55. The molecule has 1 fully saturated rings. The van der Waals surface area contributed by atoms with Crippen LogP contribution in [0.2, 0.25) is 0 Å². The fraction of sp³-hybridized carbons (Fsp3) is 0.263. The third-order valence-corrected chi connectivity index (χ3v) is 4.43. The summed E-state index contributed by atoms with van der Waals surface area (Å²) in [5.41, 5.74) is 1.38. The van der Waals surface area contributed by atoms with Crippen molar-refractivity contribution >= 4 is 22.6 Å². The molecule has 27 heavy (non-hydrogen) atoms. The molecule has 1 saturated heterocycles. The highest BCUT2D eigenvalue weighted by molar-refractivity contribution is 6.00. The summed E-state index contributed by atoms with van der Waals surface area (Å²) >= 11 is 0. The van der Waals surface area contributed by atoms with Crippen LogP contribution in [-0.2, 0) is 11.3 Å². The van der Waals surface area contributed by atoms with Gasteiger partial charge in [0.15, 0.2) is 11.4 Å². The molecule has 0 spiro atoms. The highest BCUT2D eigenvalue weighted by Crippen LogP contribution is 2.28. The average Bonchev–Trinajstić information content (AvgIpc) is 2.73. The lowest BCUT2D eigenvalue weighted by Crippen LogP contribution is -2.36. The Morgan fingerprint density at radius 1 is 1.22 bits per heavy atom. The summed E-state index contributed by atoms with van der Waals surface area (Å²) in [5, 5.41) is 13.7. The van der Waals surface area contributed by atoms with Crippen LogP contribution >= 0.6 is 0 Å². The van der Waals surface area contributed by atoms with Crippen molar-refractivity contribution in [3.63, 3.8) is 0 Å². The topological polar surface area (TPSA) is 100 Å². The third-order valence-electron chi connectivity index (χ3n) is 4.43. The number of carbonyl (C=O) groups is 1. The highest BCUT2D eigenvalue weighted by atomic mass is 16.5. The van der Waals surface area contributed by atoms with Crippen molar-refractivity contribution in [2.24, 2.45) is 0 Å². The zero-order valence-corrected chi connectivity index (χ0v) is 14.6. The molecule has 2 N–H and O–H groups in total. The van der Waals surface area contributed by atoms with Crippen molar-refractivity contribution in [3.8, 4) is 5.75 Å². The monoisotopic (exact) mass is 365 g/mol. The zero-order chi connectivity index (χ0) is 18.6. The number of rotatable bonds is 4. The fourth-order valence-corrected chi connectivity index (χ4v) is 2.98. The van der Waals surface area contributed by atoms with Gasteiger partial charge in [-0.1, -0.05) is 6.07 Å². The molecule has 3 aromatic heterocycles. The van der Waals surface area contributed by atoms with Crippen LogP contribution in [0, 0.1) is 0 Å². The van der Waals surface area contributed by atoms with Gasteiger partial charge >= 0.3 is 0 Å². The Bertz CT molecular complexity index is 958. The lowest BCUT2D eigenvalue weighted by atomic mass is 10.2. The number of pyridine rings is 3. The first-order valence-corrected chi connectivity index (χ1v) is 8.71. The third kappa shape index (κ3) is 3.65. The Morgan fingerprint density at radius 3 is 2.85 bits per heavy atom. The van der Waals surface area contributed by atoms with Crippen LogP contribution in [0.3, 0.4) is 0 Å². The number of amides is 1. The maximum absolute atomic E-state index is 12.4. The largest absolute Gasteiger partial charge is 0.505 e. The summed E-state index contributed by atoms with van der Waals surface area (Å²) in [6.07, 6.45) is 4.85. The number of carbonyl (C=O) groups excluding carboxylic acids is 1. The van der Waals surface area contributed by atoms with Gasteiger partial charge in [0.1, 0.15) is 5.82 Å². The van der Waals surface area contributed by atoms with Crippen molar-refractivity contribution in [2.45, 2.75) is 6.54 Å². The molecule has 1 amide bonds. The molecule has 8 heteroatoms. The number of hydrogen-bond acceptors (Lipinski definition) is 7. The van der Waals surface area contributed by atoms with Crippen molar-refractivity contribution in [1.29, 1.82) is 0 Å². The first-order valence-electron chi connectivity index (χ1n) is 8.71. The molecule has 0 aliphatic carbocycles. The molecule has 0 bridgehead atoms. The molecular formula is C19H19N5O3. The normalized spacial score (nSPS) is 14.3. The number of morpholine rings is 1. The van der Waals surface area contributed by atoms with Gasteiger partial charge < -0.3 is 20.1 Å². The number of anilines is 1. The average molecular weight is 365 g/mol. The highest BCUT2D eigenvalue weighted by Gasteiger charge is 2.18. The van der Waals surface area contributed by atoms with E-state index in [-0.39, 0.29) is 11.4 Å². The molecule has 4 rings (SSSR count). The van der Waals surface area contributed by atoms with Crippen LogP contribution in [0.25, 0.3) is 10.9 Å². The van der Waals surface area contributed by atoms with E-state index in [0.29, 0.717) is 30.7 Å². The quantitative estimate of drug-likeness (QED) is 0.722. The SMILES string of the molecule is O=C(NCc1cccnc1)c1ncc2nc(N3CCOCC3)ccc2c1O. The van der Waals surface area contributed by atoms with Gasteiger partial charge in [0, 0.05) is 37.4 Å². The van der Waals surface area contributed by atoms with E-state index in [4.69, 9.17) is 4.74 Å². The summed E-state index contributed by atoms with van der Waals surface area (Å²) in [5.74, 6) is 0.188. The van der Waals surface area contributed by atoms with Gasteiger partial charge in [0.2, 0.25) is 0 Å². The molecule has 3 aromatic rings. The van der Waals surface area contributed by atoms with Crippen LogP contribution in [0.1, 0.15) is 16.1 Å². The first-order chi connectivity index (χ1) is 13.2. The minimum Gasteiger partial charge on any atom is -0.505 e. The Kier molecular flexibility index (Phi) is 4.80. The number of aromatic nitrogens is 3. The van der Waals surface area contributed by atoms with Gasteiger partial charge in [-0.15, -0.1) is 0 Å². The van der Waals surface area contributed by atoms with Gasteiger partial charge in [-0.2, -0.15) is 0 Å². The lowest BCUT2D eigenvalue weighted by molar-refractivity contribution is 0.0943. The van der Waals surface area contributed by atoms with E-state index in [1.807, 2.05) is 12.1 Å². The second-order valence-electron chi connectivity index (χ2n) is 6.20. The van der Waals surface area contributed by atoms with E-state index < -0.39 is 5.91 Å². The minimum absolute atomic E-state index is 0.0210. The molecule has 0 aromatic carbocycles. The van der Waals surface area contributed by atoms with Crippen LogP contribution in [0.4, 0.5) is 5.82 Å². The molecular weight excluding hydrogens is 346 g/mol. The Labute approximate surface area is 155 Å². The van der Waals surface area contributed by atoms with Gasteiger partial charge in [-0.3, -0.25) is 9.78 Å². The van der Waals surface area contributed by atoms with Crippen LogP contribution in [0.15, 0.2) is 42.9 Å². The van der Waals surface area contributed by atoms with Crippen LogP contribution in [-0.4, -0.2) is 52.3 Å². The number of fused-ring (bicyclic) bond motifs is 1. The van der Waals surface area contributed by atoms with E-state index in [9.17, 15) is 9.90 Å². The van der Waals surface area contributed by atoms with Gasteiger partial charge in [0.25, 0.3) is 5.91 Å². The number of ether oxygens (including phenoxy) is 1. The molecule has 138 valence electrons. The van der Waals surface area contributed by atoms with E-state index in [2.05, 4.69) is 25.2 Å². The number of nitrogens with zero attached hydrogens (tertiary/aromatic N) is 4. The van der Waals surface area contributed by atoms with E-state index >= 15 is 0 Å². The summed E-state index contributed by atoms with van der Waals surface area (Å²) in [4.78, 5) is 27.2. The smallest absolute Gasteiger partial charge is 0.274 e. The summed E-state index contributed by atoms with van der Waals surface area (Å²) < 4.78 is 5.35. The summed E-state index contributed by atoms with van der Waals surface area (Å²) in [6.45, 7) is 3.18. The van der Waals surface area contributed by atoms with E-state index in [1.54, 1.807) is 24.5 Å². The van der Waals surface area contributed by atoms with Crippen LogP contribution < -0.4 is 10.2 Å².